The van der Waals surface area contributed by atoms with Crippen molar-refractivity contribution < 1.29 is 18.0 Å². The molecule has 0 aliphatic heterocycles. The predicted molar refractivity (Wildman–Crippen MR) is 96.3 cm³/mol. The molecule has 26 heavy (non-hydrogen) atoms. The SMILES string of the molecule is CNC1=C(c2cccc(C(F)(F)F)c2)C(=O)C(c2cccc(Cl)c2Cl)C1. The molecule has 1 aliphatic rings. The number of nitrogens with one attached hydrogen (secondary N) is 1. The van der Waals surface area contributed by atoms with Gasteiger partial charge in [0.1, 0.15) is 0 Å². The number of allylic oxidation sites excluding steroid dienone is 2. The van der Waals surface area contributed by atoms with Gasteiger partial charge in [-0.15, -0.1) is 0 Å². The zero-order valence-corrected chi connectivity index (χ0v) is 15.1. The first-order valence-electron chi connectivity index (χ1n) is 7.80. The molecule has 0 radical (unpaired) electrons. The molecule has 7 heteroatoms. The highest BCUT2D eigenvalue weighted by molar-refractivity contribution is 6.43. The van der Waals surface area contributed by atoms with Crippen molar-refractivity contribution in [1.82, 2.24) is 5.32 Å². The average Bonchev–Trinajstić information content (AvgIpc) is 2.93. The number of hydrogen-bond acceptors (Lipinski definition) is 2. The maximum Gasteiger partial charge on any atom is 0.416 e. The molecule has 0 fully saturated rings. The standard InChI is InChI=1S/C19H14Cl2F3NO/c1-25-15-9-13(12-6-3-7-14(20)17(12)21)18(26)16(15)10-4-2-5-11(8-10)19(22,23)24/h2-8,13,25H,9H2,1H3. The topological polar surface area (TPSA) is 29.1 Å². The number of carbonyl (C=O) groups excluding carboxylic acids is 1. The second-order valence-electron chi connectivity index (χ2n) is 5.95. The van der Waals surface area contributed by atoms with Gasteiger partial charge in [-0.3, -0.25) is 4.79 Å². The molecule has 2 aromatic carbocycles. The lowest BCUT2D eigenvalue weighted by atomic mass is 9.92. The van der Waals surface area contributed by atoms with Gasteiger partial charge < -0.3 is 5.32 Å². The van der Waals surface area contributed by atoms with E-state index in [0.29, 0.717) is 22.7 Å². The van der Waals surface area contributed by atoms with E-state index >= 15 is 0 Å². The van der Waals surface area contributed by atoms with E-state index < -0.39 is 17.7 Å². The third-order valence-electron chi connectivity index (χ3n) is 4.41. The number of hydrogen-bond donors (Lipinski definition) is 1. The average molecular weight is 400 g/mol. The largest absolute Gasteiger partial charge is 0.416 e. The molecule has 0 amide bonds. The highest BCUT2D eigenvalue weighted by atomic mass is 35.5. The third kappa shape index (κ3) is 3.33. The Bertz CT molecular complexity index is 906. The smallest absolute Gasteiger partial charge is 0.391 e. The molecule has 3 rings (SSSR count). The van der Waals surface area contributed by atoms with E-state index in [0.717, 1.165) is 12.1 Å². The maximum absolute atomic E-state index is 13.0. The fourth-order valence-corrected chi connectivity index (χ4v) is 3.60. The highest BCUT2D eigenvalue weighted by Crippen LogP contribution is 2.43. The maximum atomic E-state index is 13.0. The lowest BCUT2D eigenvalue weighted by molar-refractivity contribution is -0.137. The Morgan fingerprint density at radius 2 is 1.81 bits per heavy atom. The van der Waals surface area contributed by atoms with Crippen LogP contribution in [-0.4, -0.2) is 12.8 Å². The highest BCUT2D eigenvalue weighted by Gasteiger charge is 2.37. The van der Waals surface area contributed by atoms with Crippen molar-refractivity contribution in [3.05, 3.63) is 74.9 Å². The van der Waals surface area contributed by atoms with Gasteiger partial charge in [-0.2, -0.15) is 13.2 Å². The van der Waals surface area contributed by atoms with Crippen molar-refractivity contribution in [2.75, 3.05) is 7.05 Å². The molecule has 1 N–H and O–H groups in total. The molecular weight excluding hydrogens is 386 g/mol. The van der Waals surface area contributed by atoms with Crippen LogP contribution < -0.4 is 5.32 Å². The van der Waals surface area contributed by atoms with Gasteiger partial charge in [0.15, 0.2) is 5.78 Å². The Kier molecular flexibility index (Phi) is 5.04. The minimum Gasteiger partial charge on any atom is -0.391 e. The van der Waals surface area contributed by atoms with Gasteiger partial charge in [-0.25, -0.2) is 0 Å². The van der Waals surface area contributed by atoms with E-state index in [-0.39, 0.29) is 21.9 Å². The molecular formula is C19H14Cl2F3NO. The Hall–Kier alpha value is -1.98. The minimum absolute atomic E-state index is 0.231. The van der Waals surface area contributed by atoms with Crippen LogP contribution >= 0.6 is 23.2 Å². The monoisotopic (exact) mass is 399 g/mol. The van der Waals surface area contributed by atoms with Crippen LogP contribution in [0, 0.1) is 0 Å². The van der Waals surface area contributed by atoms with Crippen LogP contribution in [0.2, 0.25) is 10.0 Å². The van der Waals surface area contributed by atoms with Gasteiger partial charge in [-0.1, -0.05) is 47.5 Å². The van der Waals surface area contributed by atoms with E-state index in [9.17, 15) is 18.0 Å². The Balaban J connectivity index is 2.05. The number of carbonyl (C=O) groups is 1. The lowest BCUT2D eigenvalue weighted by Crippen LogP contribution is -2.10. The summed E-state index contributed by atoms with van der Waals surface area (Å²) in [6, 6.07) is 9.79. The fourth-order valence-electron chi connectivity index (χ4n) is 3.16. The van der Waals surface area contributed by atoms with Crippen LogP contribution in [-0.2, 0) is 11.0 Å². The number of Topliss-reactive ketones (excluding diaryl/α,β-unsaturated/α-hetero) is 1. The molecule has 1 atom stereocenters. The second kappa shape index (κ2) is 6.97. The van der Waals surface area contributed by atoms with E-state index in [1.807, 2.05) is 0 Å². The van der Waals surface area contributed by atoms with E-state index in [1.165, 1.54) is 12.1 Å². The Morgan fingerprint density at radius 3 is 2.46 bits per heavy atom. The van der Waals surface area contributed by atoms with Crippen LogP contribution in [0.25, 0.3) is 5.57 Å². The molecule has 0 heterocycles. The van der Waals surface area contributed by atoms with Crippen molar-refractivity contribution in [1.29, 1.82) is 0 Å². The summed E-state index contributed by atoms with van der Waals surface area (Å²) in [5.74, 6) is -0.869. The normalized spacial score (nSPS) is 17.8. The summed E-state index contributed by atoms with van der Waals surface area (Å²) >= 11 is 12.3. The van der Waals surface area contributed by atoms with Crippen molar-refractivity contribution >= 4 is 34.6 Å². The molecule has 1 unspecified atom stereocenters. The quantitative estimate of drug-likeness (QED) is 0.716. The van der Waals surface area contributed by atoms with Crippen molar-refractivity contribution in [2.24, 2.45) is 0 Å². The first kappa shape index (κ1) is 18.8. The molecule has 0 saturated carbocycles. The summed E-state index contributed by atoms with van der Waals surface area (Å²) in [6.07, 6.45) is -4.16. The summed E-state index contributed by atoms with van der Waals surface area (Å²) in [5, 5.41) is 3.55. The van der Waals surface area contributed by atoms with Crippen LogP contribution in [0.15, 0.2) is 48.2 Å². The van der Waals surface area contributed by atoms with Crippen LogP contribution in [0.1, 0.15) is 29.0 Å². The second-order valence-corrected chi connectivity index (χ2v) is 6.73. The number of rotatable bonds is 3. The zero-order valence-electron chi connectivity index (χ0n) is 13.6. The predicted octanol–water partition coefficient (Wildman–Crippen LogP) is 5.70. The van der Waals surface area contributed by atoms with E-state index in [1.54, 1.807) is 25.2 Å². The minimum atomic E-state index is -4.48. The Morgan fingerprint density at radius 1 is 1.12 bits per heavy atom. The van der Waals surface area contributed by atoms with E-state index in [2.05, 4.69) is 5.32 Å². The number of benzene rings is 2. The van der Waals surface area contributed by atoms with Crippen molar-refractivity contribution in [2.45, 2.75) is 18.5 Å². The van der Waals surface area contributed by atoms with Gasteiger partial charge >= 0.3 is 6.18 Å². The van der Waals surface area contributed by atoms with Crippen LogP contribution in [0.3, 0.4) is 0 Å². The summed E-state index contributed by atoms with van der Waals surface area (Å²) in [6.45, 7) is 0. The summed E-state index contributed by atoms with van der Waals surface area (Å²) in [7, 11) is 1.64. The fraction of sp³-hybridized carbons (Fsp3) is 0.211. The van der Waals surface area contributed by atoms with Gasteiger partial charge in [0.25, 0.3) is 0 Å². The van der Waals surface area contributed by atoms with Gasteiger partial charge in [0.05, 0.1) is 21.5 Å². The summed E-state index contributed by atoms with van der Waals surface area (Å²) in [5.41, 5.74) is 0.832. The Labute approximate surface area is 158 Å². The first-order valence-corrected chi connectivity index (χ1v) is 8.56. The van der Waals surface area contributed by atoms with Crippen molar-refractivity contribution in [3.8, 4) is 0 Å². The van der Waals surface area contributed by atoms with Crippen LogP contribution in [0.5, 0.6) is 0 Å². The number of halogens is 5. The van der Waals surface area contributed by atoms with Gasteiger partial charge in [0.2, 0.25) is 0 Å². The number of ketones is 1. The molecule has 1 aliphatic carbocycles. The third-order valence-corrected chi connectivity index (χ3v) is 5.24. The summed E-state index contributed by atoms with van der Waals surface area (Å²) in [4.78, 5) is 13.0. The molecule has 136 valence electrons. The van der Waals surface area contributed by atoms with Crippen LogP contribution in [0.4, 0.5) is 13.2 Å². The van der Waals surface area contributed by atoms with Gasteiger partial charge in [0, 0.05) is 24.7 Å². The zero-order chi connectivity index (χ0) is 19.1. The molecule has 2 nitrogen and oxygen atoms in total. The lowest BCUT2D eigenvalue weighted by Gasteiger charge is -2.13. The first-order chi connectivity index (χ1) is 12.2. The van der Waals surface area contributed by atoms with Crippen molar-refractivity contribution in [3.63, 3.8) is 0 Å². The summed E-state index contributed by atoms with van der Waals surface area (Å²) < 4.78 is 39.1. The molecule has 0 bridgehead atoms. The van der Waals surface area contributed by atoms with Gasteiger partial charge in [-0.05, 0) is 29.3 Å². The van der Waals surface area contributed by atoms with E-state index in [4.69, 9.17) is 23.2 Å². The molecule has 0 saturated heterocycles. The molecule has 0 aromatic heterocycles. The molecule has 0 spiro atoms. The molecule has 2 aromatic rings. The number of alkyl halides is 3.